The van der Waals surface area contributed by atoms with Crippen molar-refractivity contribution in [2.24, 2.45) is 0 Å². The summed E-state index contributed by atoms with van der Waals surface area (Å²) < 4.78 is 40.3. The van der Waals surface area contributed by atoms with Gasteiger partial charge in [-0.2, -0.15) is 4.98 Å². The maximum atomic E-state index is 13.3. The molecule has 0 aliphatic rings. The van der Waals surface area contributed by atoms with E-state index in [2.05, 4.69) is 25.3 Å². The average molecular weight is 367 g/mol. The number of hydrogen-bond donors (Lipinski definition) is 3. The molecule has 0 fully saturated rings. The van der Waals surface area contributed by atoms with Crippen molar-refractivity contribution in [1.82, 2.24) is 14.7 Å². The summed E-state index contributed by atoms with van der Waals surface area (Å²) in [5, 5.41) is 6.07. The Morgan fingerprint density at radius 3 is 2.56 bits per heavy atom. The third-order valence-electron chi connectivity index (χ3n) is 3.35. The van der Waals surface area contributed by atoms with E-state index in [-0.39, 0.29) is 11.4 Å². The van der Waals surface area contributed by atoms with Crippen LogP contribution in [0.15, 0.2) is 29.2 Å². The number of anilines is 2. The summed E-state index contributed by atoms with van der Waals surface area (Å²) in [6, 6.07) is 5.50. The van der Waals surface area contributed by atoms with Gasteiger partial charge in [-0.3, -0.25) is 0 Å². The Bertz CT molecular complexity index is 842. The summed E-state index contributed by atoms with van der Waals surface area (Å²) in [5.41, 5.74) is 1.28. The first kappa shape index (κ1) is 19.1. The van der Waals surface area contributed by atoms with Crippen LogP contribution < -0.4 is 15.4 Å². The van der Waals surface area contributed by atoms with Crippen LogP contribution in [0, 0.1) is 19.7 Å². The first-order chi connectivity index (χ1) is 11.8. The molecule has 9 heteroatoms. The van der Waals surface area contributed by atoms with Crippen LogP contribution in [0.5, 0.6) is 0 Å². The topological polar surface area (TPSA) is 96.0 Å². The second kappa shape index (κ2) is 8.21. The van der Waals surface area contributed by atoms with E-state index in [0.717, 1.165) is 18.3 Å². The molecule has 0 amide bonds. The van der Waals surface area contributed by atoms with Gasteiger partial charge in [0, 0.05) is 31.4 Å². The van der Waals surface area contributed by atoms with Gasteiger partial charge in [-0.1, -0.05) is 6.07 Å². The smallest absolute Gasteiger partial charge is 0.240 e. The predicted octanol–water partition coefficient (Wildman–Crippen LogP) is 2.05. The number of hydrogen-bond acceptors (Lipinski definition) is 6. The molecule has 0 unspecified atom stereocenters. The summed E-state index contributed by atoms with van der Waals surface area (Å²) in [6.45, 7) is 6.59. The van der Waals surface area contributed by atoms with Crippen LogP contribution in [0.4, 0.5) is 16.2 Å². The highest BCUT2D eigenvalue weighted by Crippen LogP contribution is 2.16. The number of aryl methyl sites for hydroxylation is 2. The maximum Gasteiger partial charge on any atom is 0.240 e. The Morgan fingerprint density at radius 1 is 1.08 bits per heavy atom. The van der Waals surface area contributed by atoms with E-state index in [0.29, 0.717) is 23.9 Å². The molecule has 0 spiro atoms. The standard InChI is InChI=1S/C16H22FN5O2S/c1-4-18-15-9-12(3)21-16(22-15)19-7-8-20-25(23,24)14-10-13(17)6-5-11(14)2/h5-6,9-10,20H,4,7-8H2,1-3H3,(H2,18,19,21,22). The number of halogens is 1. The molecular weight excluding hydrogens is 345 g/mol. The van der Waals surface area contributed by atoms with Gasteiger partial charge < -0.3 is 10.6 Å². The highest BCUT2D eigenvalue weighted by molar-refractivity contribution is 7.89. The van der Waals surface area contributed by atoms with E-state index in [4.69, 9.17) is 0 Å². The fraction of sp³-hybridized carbons (Fsp3) is 0.375. The second-order valence-electron chi connectivity index (χ2n) is 5.48. The first-order valence-electron chi connectivity index (χ1n) is 7.91. The molecule has 2 rings (SSSR count). The van der Waals surface area contributed by atoms with Crippen molar-refractivity contribution in [2.75, 3.05) is 30.3 Å². The van der Waals surface area contributed by atoms with Gasteiger partial charge in [-0.05, 0) is 38.5 Å². The van der Waals surface area contributed by atoms with Gasteiger partial charge >= 0.3 is 0 Å². The molecule has 2 aromatic rings. The molecule has 0 saturated heterocycles. The molecule has 7 nitrogen and oxygen atoms in total. The summed E-state index contributed by atoms with van der Waals surface area (Å²) in [4.78, 5) is 8.46. The highest BCUT2D eigenvalue weighted by Gasteiger charge is 2.17. The Balaban J connectivity index is 1.95. The highest BCUT2D eigenvalue weighted by atomic mass is 32.2. The number of aromatic nitrogens is 2. The van der Waals surface area contributed by atoms with Crippen molar-refractivity contribution in [1.29, 1.82) is 0 Å². The minimum Gasteiger partial charge on any atom is -0.370 e. The predicted molar refractivity (Wildman–Crippen MR) is 95.7 cm³/mol. The minimum absolute atomic E-state index is 0.0614. The molecule has 1 aromatic carbocycles. The Kier molecular flexibility index (Phi) is 6.27. The molecule has 0 atom stereocenters. The summed E-state index contributed by atoms with van der Waals surface area (Å²) in [7, 11) is -3.78. The van der Waals surface area contributed by atoms with Crippen LogP contribution in [-0.4, -0.2) is 38.0 Å². The summed E-state index contributed by atoms with van der Waals surface area (Å²) in [5.74, 6) is 0.527. The lowest BCUT2D eigenvalue weighted by Crippen LogP contribution is -2.29. The van der Waals surface area contributed by atoms with Gasteiger partial charge in [0.05, 0.1) is 4.90 Å². The molecular formula is C16H22FN5O2S. The van der Waals surface area contributed by atoms with Crippen LogP contribution in [0.1, 0.15) is 18.2 Å². The molecule has 25 heavy (non-hydrogen) atoms. The van der Waals surface area contributed by atoms with Crippen molar-refractivity contribution >= 4 is 21.8 Å². The van der Waals surface area contributed by atoms with Gasteiger partial charge in [-0.25, -0.2) is 22.5 Å². The van der Waals surface area contributed by atoms with E-state index in [1.807, 2.05) is 19.9 Å². The molecule has 0 aliphatic heterocycles. The molecule has 0 aliphatic carbocycles. The molecule has 3 N–H and O–H groups in total. The van der Waals surface area contributed by atoms with E-state index in [1.54, 1.807) is 6.92 Å². The second-order valence-corrected chi connectivity index (χ2v) is 7.22. The quantitative estimate of drug-likeness (QED) is 0.618. The van der Waals surface area contributed by atoms with Crippen LogP contribution in [0.25, 0.3) is 0 Å². The Labute approximate surface area is 147 Å². The lowest BCUT2D eigenvalue weighted by atomic mass is 10.2. The lowest BCUT2D eigenvalue weighted by molar-refractivity contribution is 0.578. The molecule has 0 bridgehead atoms. The van der Waals surface area contributed by atoms with Crippen LogP contribution in [0.2, 0.25) is 0 Å². The van der Waals surface area contributed by atoms with Crippen molar-refractivity contribution in [3.05, 3.63) is 41.3 Å². The van der Waals surface area contributed by atoms with E-state index < -0.39 is 15.8 Å². The SMILES string of the molecule is CCNc1cc(C)nc(NCCNS(=O)(=O)c2cc(F)ccc2C)n1. The van der Waals surface area contributed by atoms with E-state index >= 15 is 0 Å². The number of nitrogens with zero attached hydrogens (tertiary/aromatic N) is 2. The van der Waals surface area contributed by atoms with E-state index in [9.17, 15) is 12.8 Å². The zero-order valence-electron chi connectivity index (χ0n) is 14.4. The lowest BCUT2D eigenvalue weighted by Gasteiger charge is -2.11. The Hall–Kier alpha value is -2.26. The number of nitrogens with one attached hydrogen (secondary N) is 3. The fourth-order valence-electron chi connectivity index (χ4n) is 2.22. The van der Waals surface area contributed by atoms with Crippen LogP contribution >= 0.6 is 0 Å². The van der Waals surface area contributed by atoms with Gasteiger partial charge in [0.25, 0.3) is 0 Å². The normalized spacial score (nSPS) is 11.4. The van der Waals surface area contributed by atoms with Gasteiger partial charge in [0.2, 0.25) is 16.0 Å². The monoisotopic (exact) mass is 367 g/mol. The van der Waals surface area contributed by atoms with Crippen molar-refractivity contribution in [2.45, 2.75) is 25.7 Å². The van der Waals surface area contributed by atoms with Crippen molar-refractivity contribution < 1.29 is 12.8 Å². The Morgan fingerprint density at radius 2 is 1.84 bits per heavy atom. The van der Waals surface area contributed by atoms with Gasteiger partial charge in [-0.15, -0.1) is 0 Å². The number of benzene rings is 1. The largest absolute Gasteiger partial charge is 0.370 e. The van der Waals surface area contributed by atoms with Crippen molar-refractivity contribution in [3.63, 3.8) is 0 Å². The van der Waals surface area contributed by atoms with Gasteiger partial charge in [0.15, 0.2) is 0 Å². The fourth-order valence-corrected chi connectivity index (χ4v) is 3.51. The number of sulfonamides is 1. The molecule has 1 aromatic heterocycles. The molecule has 136 valence electrons. The molecule has 0 saturated carbocycles. The number of rotatable bonds is 8. The zero-order valence-corrected chi connectivity index (χ0v) is 15.2. The molecule has 0 radical (unpaired) electrons. The average Bonchev–Trinajstić information content (AvgIpc) is 2.54. The maximum absolute atomic E-state index is 13.3. The van der Waals surface area contributed by atoms with Crippen LogP contribution in [0.3, 0.4) is 0 Å². The third kappa shape index (κ3) is 5.36. The molecule has 1 heterocycles. The summed E-state index contributed by atoms with van der Waals surface area (Å²) >= 11 is 0. The van der Waals surface area contributed by atoms with Crippen molar-refractivity contribution in [3.8, 4) is 0 Å². The zero-order chi connectivity index (χ0) is 18.4. The van der Waals surface area contributed by atoms with E-state index in [1.165, 1.54) is 12.1 Å². The van der Waals surface area contributed by atoms with Gasteiger partial charge in [0.1, 0.15) is 11.6 Å². The minimum atomic E-state index is -3.78. The first-order valence-corrected chi connectivity index (χ1v) is 9.39. The van der Waals surface area contributed by atoms with Crippen LogP contribution in [-0.2, 0) is 10.0 Å². The summed E-state index contributed by atoms with van der Waals surface area (Å²) in [6.07, 6.45) is 0. The third-order valence-corrected chi connectivity index (χ3v) is 4.96.